The summed E-state index contributed by atoms with van der Waals surface area (Å²) in [6.45, 7) is 4.71. The summed E-state index contributed by atoms with van der Waals surface area (Å²) in [6, 6.07) is 60.9. The zero-order valence-electron chi connectivity index (χ0n) is 29.0. The summed E-state index contributed by atoms with van der Waals surface area (Å²) in [5.74, 6) is 0.733. The maximum atomic E-state index is 5.52. The Bertz CT molecular complexity index is 2810. The highest BCUT2D eigenvalue weighted by Crippen LogP contribution is 2.55. The van der Waals surface area contributed by atoms with Crippen molar-refractivity contribution < 1.29 is 0 Å². The first-order valence-electron chi connectivity index (χ1n) is 17.8. The van der Waals surface area contributed by atoms with E-state index in [1.54, 1.807) is 0 Å². The van der Waals surface area contributed by atoms with Crippen LogP contribution in [0, 0.1) is 0 Å². The number of aromatic nitrogens is 2. The molecule has 0 amide bonds. The molecular weight excluding hydrogens is 649 g/mol. The normalized spacial score (nSPS) is 13.0. The first-order chi connectivity index (χ1) is 25.6. The molecular formula is C49H34N2S. The molecule has 0 aliphatic heterocycles. The molecule has 1 aliphatic carbocycles. The van der Waals surface area contributed by atoms with Gasteiger partial charge in [0.05, 0.1) is 11.4 Å². The van der Waals surface area contributed by atoms with Crippen LogP contribution in [0.2, 0.25) is 0 Å². The fourth-order valence-electron chi connectivity index (χ4n) is 8.33. The Morgan fingerprint density at radius 3 is 1.77 bits per heavy atom. The molecule has 0 spiro atoms. The molecule has 7 aromatic carbocycles. The zero-order chi connectivity index (χ0) is 34.8. The van der Waals surface area contributed by atoms with Gasteiger partial charge in [-0.25, -0.2) is 9.97 Å². The molecule has 0 atom stereocenters. The molecule has 2 aromatic heterocycles. The van der Waals surface area contributed by atoms with E-state index in [1.807, 2.05) is 11.3 Å². The van der Waals surface area contributed by atoms with E-state index in [0.717, 1.165) is 45.0 Å². The lowest BCUT2D eigenvalue weighted by Crippen LogP contribution is -2.16. The molecule has 2 nitrogen and oxygen atoms in total. The summed E-state index contributed by atoms with van der Waals surface area (Å²) in [5.41, 5.74) is 14.8. The van der Waals surface area contributed by atoms with Crippen LogP contribution in [0.4, 0.5) is 0 Å². The van der Waals surface area contributed by atoms with Gasteiger partial charge < -0.3 is 0 Å². The molecule has 0 saturated heterocycles. The predicted octanol–water partition coefficient (Wildman–Crippen LogP) is 13.5. The van der Waals surface area contributed by atoms with Crippen LogP contribution in [0.1, 0.15) is 25.0 Å². The molecule has 0 fully saturated rings. The van der Waals surface area contributed by atoms with Crippen LogP contribution in [-0.4, -0.2) is 9.97 Å². The van der Waals surface area contributed by atoms with E-state index in [1.165, 1.54) is 53.6 Å². The van der Waals surface area contributed by atoms with Crippen molar-refractivity contribution in [1.29, 1.82) is 0 Å². The van der Waals surface area contributed by atoms with E-state index in [-0.39, 0.29) is 5.41 Å². The van der Waals surface area contributed by atoms with E-state index in [9.17, 15) is 0 Å². The number of fused-ring (bicyclic) bond motifs is 6. The largest absolute Gasteiger partial charge is 0.228 e. The van der Waals surface area contributed by atoms with Gasteiger partial charge in [-0.05, 0) is 62.7 Å². The fraction of sp³-hybridized carbons (Fsp3) is 0.0612. The SMILES string of the molecule is CC1(C)c2ccccc2-c2c(-c3nc(-c4ccccc4-c4ccccc4)cc(-c4cccc5c4sc4ccccc45)n3)ccc(-c3ccccc3)c21. The van der Waals surface area contributed by atoms with Crippen molar-refractivity contribution in [3.63, 3.8) is 0 Å². The van der Waals surface area contributed by atoms with Gasteiger partial charge >= 0.3 is 0 Å². The number of thiophene rings is 1. The van der Waals surface area contributed by atoms with Gasteiger partial charge in [0.15, 0.2) is 5.82 Å². The summed E-state index contributed by atoms with van der Waals surface area (Å²) < 4.78 is 2.52. The Labute approximate surface area is 307 Å². The monoisotopic (exact) mass is 682 g/mol. The van der Waals surface area contributed by atoms with Gasteiger partial charge in [-0.2, -0.15) is 0 Å². The number of rotatable bonds is 5. The standard InChI is InChI=1S/C49H34N2S/c1-49(2)41-26-13-11-23-38(41)45-40(29-28-34(46(45)49)32-18-7-4-8-19-32)48-50-42(35-21-10-9-20-33(35)31-16-5-3-6-17-31)30-43(51-48)39-25-15-24-37-36-22-12-14-27-44(36)52-47(37)39/h3-30H,1-2H3. The van der Waals surface area contributed by atoms with Crippen molar-refractivity contribution in [3.8, 4) is 67.3 Å². The lowest BCUT2D eigenvalue weighted by molar-refractivity contribution is 0.662. The van der Waals surface area contributed by atoms with E-state index in [0.29, 0.717) is 0 Å². The summed E-state index contributed by atoms with van der Waals surface area (Å²) in [5, 5.41) is 2.54. The predicted molar refractivity (Wildman–Crippen MR) is 220 cm³/mol. The summed E-state index contributed by atoms with van der Waals surface area (Å²) in [6.07, 6.45) is 0. The molecule has 9 aromatic rings. The number of hydrogen-bond acceptors (Lipinski definition) is 3. The second-order valence-electron chi connectivity index (χ2n) is 14.1. The molecule has 2 heterocycles. The van der Waals surface area contributed by atoms with Gasteiger partial charge in [-0.3, -0.25) is 0 Å². The van der Waals surface area contributed by atoms with Gasteiger partial charge in [0, 0.05) is 42.3 Å². The van der Waals surface area contributed by atoms with Crippen LogP contribution in [0.15, 0.2) is 170 Å². The molecule has 0 radical (unpaired) electrons. The maximum Gasteiger partial charge on any atom is 0.161 e. The van der Waals surface area contributed by atoms with Gasteiger partial charge in [-0.15, -0.1) is 11.3 Å². The number of hydrogen-bond donors (Lipinski definition) is 0. The van der Waals surface area contributed by atoms with Crippen LogP contribution in [-0.2, 0) is 5.41 Å². The maximum absolute atomic E-state index is 5.52. The molecule has 1 aliphatic rings. The van der Waals surface area contributed by atoms with Gasteiger partial charge in [0.25, 0.3) is 0 Å². The fourth-order valence-corrected chi connectivity index (χ4v) is 9.55. The van der Waals surface area contributed by atoms with Gasteiger partial charge in [-0.1, -0.05) is 166 Å². The highest BCUT2D eigenvalue weighted by molar-refractivity contribution is 7.26. The first kappa shape index (κ1) is 30.6. The number of benzene rings is 7. The number of nitrogens with zero attached hydrogens (tertiary/aromatic N) is 2. The third kappa shape index (κ3) is 4.77. The third-order valence-corrected chi connectivity index (χ3v) is 11.9. The Kier molecular flexibility index (Phi) is 7.06. The van der Waals surface area contributed by atoms with Crippen molar-refractivity contribution in [2.24, 2.45) is 0 Å². The average molecular weight is 683 g/mol. The minimum Gasteiger partial charge on any atom is -0.228 e. The third-order valence-electron chi connectivity index (χ3n) is 10.7. The Morgan fingerprint density at radius 1 is 0.442 bits per heavy atom. The van der Waals surface area contributed by atoms with Crippen molar-refractivity contribution in [2.45, 2.75) is 19.3 Å². The van der Waals surface area contributed by atoms with Crippen LogP contribution >= 0.6 is 11.3 Å². The molecule has 0 saturated carbocycles. The van der Waals surface area contributed by atoms with E-state index in [2.05, 4.69) is 184 Å². The van der Waals surface area contributed by atoms with Crippen LogP contribution in [0.25, 0.3) is 87.5 Å². The quantitative estimate of drug-likeness (QED) is 0.181. The Morgan fingerprint density at radius 2 is 1.00 bits per heavy atom. The van der Waals surface area contributed by atoms with Crippen molar-refractivity contribution in [2.75, 3.05) is 0 Å². The van der Waals surface area contributed by atoms with Gasteiger partial charge in [0.1, 0.15) is 0 Å². The van der Waals surface area contributed by atoms with Crippen LogP contribution in [0.5, 0.6) is 0 Å². The smallest absolute Gasteiger partial charge is 0.161 e. The van der Waals surface area contributed by atoms with Crippen molar-refractivity contribution in [1.82, 2.24) is 9.97 Å². The van der Waals surface area contributed by atoms with E-state index in [4.69, 9.17) is 9.97 Å². The first-order valence-corrected chi connectivity index (χ1v) is 18.7. The van der Waals surface area contributed by atoms with Crippen molar-refractivity contribution >= 4 is 31.5 Å². The minimum absolute atomic E-state index is 0.212. The molecule has 10 rings (SSSR count). The topological polar surface area (TPSA) is 25.8 Å². The lowest BCUT2D eigenvalue weighted by atomic mass is 9.78. The van der Waals surface area contributed by atoms with E-state index >= 15 is 0 Å². The summed E-state index contributed by atoms with van der Waals surface area (Å²) >= 11 is 1.84. The second kappa shape index (κ2) is 12.0. The highest BCUT2D eigenvalue weighted by Gasteiger charge is 2.39. The molecule has 0 bridgehead atoms. The van der Waals surface area contributed by atoms with Crippen LogP contribution < -0.4 is 0 Å². The molecule has 52 heavy (non-hydrogen) atoms. The summed E-state index contributed by atoms with van der Waals surface area (Å²) in [4.78, 5) is 11.0. The Balaban J connectivity index is 1.29. The highest BCUT2D eigenvalue weighted by atomic mass is 32.1. The van der Waals surface area contributed by atoms with E-state index < -0.39 is 0 Å². The Hall–Kier alpha value is -6.16. The average Bonchev–Trinajstić information content (AvgIpc) is 3.71. The van der Waals surface area contributed by atoms with Crippen molar-refractivity contribution in [3.05, 3.63) is 181 Å². The molecule has 3 heteroatoms. The van der Waals surface area contributed by atoms with Crippen LogP contribution in [0.3, 0.4) is 0 Å². The lowest BCUT2D eigenvalue weighted by Gasteiger charge is -2.25. The molecule has 0 N–H and O–H groups in total. The summed E-state index contributed by atoms with van der Waals surface area (Å²) in [7, 11) is 0. The van der Waals surface area contributed by atoms with Gasteiger partial charge in [0.2, 0.25) is 0 Å². The molecule has 0 unspecified atom stereocenters. The minimum atomic E-state index is -0.212. The zero-order valence-corrected chi connectivity index (χ0v) is 29.8. The second-order valence-corrected chi connectivity index (χ2v) is 15.2. The molecule has 246 valence electrons.